The topological polar surface area (TPSA) is 186 Å². The molecule has 13 heteroatoms. The van der Waals surface area contributed by atoms with E-state index < -0.39 is 33.2 Å². The highest BCUT2D eigenvalue weighted by Crippen LogP contribution is 2.35. The van der Waals surface area contributed by atoms with E-state index in [1.54, 1.807) is 30.4 Å². The second-order valence-electron chi connectivity index (χ2n) is 9.42. The van der Waals surface area contributed by atoms with Crippen LogP contribution in [0.3, 0.4) is 0 Å². The van der Waals surface area contributed by atoms with E-state index in [0.717, 1.165) is 0 Å². The first-order valence-corrected chi connectivity index (χ1v) is 12.4. The van der Waals surface area contributed by atoms with Crippen molar-refractivity contribution in [2.24, 2.45) is 10.9 Å². The normalized spacial score (nSPS) is 15.8. The summed E-state index contributed by atoms with van der Waals surface area (Å²) in [6.45, 7) is 6.07. The molecular weight excluding hydrogens is 474 g/mol. The number of carbonyl (C=O) groups is 2. The number of amides is 2. The van der Waals surface area contributed by atoms with Crippen molar-refractivity contribution in [3.8, 4) is 6.07 Å². The number of hydrogen-bond acceptors (Lipinski definition) is 8. The number of carbonyl (C=O) groups excluding carboxylic acids is 2. The SMILES string of the molecule is CC(C)(C)OC(=O)N1CCC(CC#N)(n2cc(C(N)=O)c(Nc3ccc(S(N)(=O)=O)cc3)n2)CC1. The van der Waals surface area contributed by atoms with Crippen molar-refractivity contribution in [1.29, 1.82) is 5.26 Å². The summed E-state index contributed by atoms with van der Waals surface area (Å²) >= 11 is 0. The van der Waals surface area contributed by atoms with Gasteiger partial charge in [-0.2, -0.15) is 10.4 Å². The molecule has 1 aromatic heterocycles. The highest BCUT2D eigenvalue weighted by molar-refractivity contribution is 7.89. The van der Waals surface area contributed by atoms with Gasteiger partial charge in [-0.1, -0.05) is 0 Å². The standard InChI is InChI=1S/C22H29N7O5S/c1-21(2,3)34-20(31)28-12-9-22(8-11-23,10-13-28)29-14-17(18(24)30)19(27-29)26-15-4-6-16(7-5-15)35(25,32)33/h4-7,14H,8-10,12-13H2,1-3H3,(H2,24,30)(H,26,27)(H2,25,32,33). The van der Waals surface area contributed by atoms with Crippen LogP contribution < -0.4 is 16.2 Å². The van der Waals surface area contributed by atoms with Crippen LogP contribution in [-0.4, -0.2) is 53.8 Å². The number of nitrogens with two attached hydrogens (primary N) is 2. The van der Waals surface area contributed by atoms with E-state index in [-0.39, 0.29) is 22.7 Å². The van der Waals surface area contributed by atoms with Gasteiger partial charge in [-0.3, -0.25) is 9.48 Å². The van der Waals surface area contributed by atoms with E-state index in [1.807, 2.05) is 0 Å². The van der Waals surface area contributed by atoms with Gasteiger partial charge in [-0.25, -0.2) is 18.4 Å². The van der Waals surface area contributed by atoms with Crippen molar-refractivity contribution >= 4 is 33.5 Å². The average molecular weight is 504 g/mol. The number of benzene rings is 1. The van der Waals surface area contributed by atoms with Gasteiger partial charge in [0.15, 0.2) is 5.82 Å². The predicted octanol–water partition coefficient (Wildman–Crippen LogP) is 2.01. The molecule has 1 aliphatic rings. The summed E-state index contributed by atoms with van der Waals surface area (Å²) in [5.74, 6) is -0.564. The summed E-state index contributed by atoms with van der Waals surface area (Å²) in [5, 5.41) is 22.1. The molecule has 1 aromatic carbocycles. The van der Waals surface area contributed by atoms with E-state index in [0.29, 0.717) is 31.6 Å². The van der Waals surface area contributed by atoms with Crippen LogP contribution in [0.5, 0.6) is 0 Å². The van der Waals surface area contributed by atoms with Gasteiger partial charge in [0.25, 0.3) is 5.91 Å². The fourth-order valence-electron chi connectivity index (χ4n) is 3.82. The highest BCUT2D eigenvalue weighted by Gasteiger charge is 2.40. The maximum Gasteiger partial charge on any atom is 0.410 e. The summed E-state index contributed by atoms with van der Waals surface area (Å²) in [6.07, 6.45) is 2.01. The molecule has 0 bridgehead atoms. The first kappa shape index (κ1) is 26.0. The summed E-state index contributed by atoms with van der Waals surface area (Å²) in [6, 6.07) is 7.79. The number of sulfonamides is 1. The third-order valence-corrected chi connectivity index (χ3v) is 6.59. The Balaban J connectivity index is 1.86. The summed E-state index contributed by atoms with van der Waals surface area (Å²) in [4.78, 5) is 26.1. The molecule has 0 radical (unpaired) electrons. The molecular formula is C22H29N7O5S. The number of piperidine rings is 1. The predicted molar refractivity (Wildman–Crippen MR) is 127 cm³/mol. The lowest BCUT2D eigenvalue weighted by Gasteiger charge is -2.40. The number of nitrogens with one attached hydrogen (secondary N) is 1. The maximum atomic E-state index is 12.5. The number of hydrogen-bond donors (Lipinski definition) is 3. The smallest absolute Gasteiger partial charge is 0.410 e. The molecule has 1 saturated heterocycles. The number of anilines is 2. The van der Waals surface area contributed by atoms with E-state index in [1.165, 1.54) is 30.5 Å². The molecule has 0 spiro atoms. The van der Waals surface area contributed by atoms with Crippen molar-refractivity contribution in [3.63, 3.8) is 0 Å². The summed E-state index contributed by atoms with van der Waals surface area (Å²) in [5.41, 5.74) is 4.75. The Bertz CT molecular complexity index is 1250. The van der Waals surface area contributed by atoms with Crippen LogP contribution in [0.1, 0.15) is 50.4 Å². The minimum Gasteiger partial charge on any atom is -0.444 e. The molecule has 35 heavy (non-hydrogen) atoms. The molecule has 2 aromatic rings. The number of primary sulfonamides is 1. The molecule has 12 nitrogen and oxygen atoms in total. The quantitative estimate of drug-likeness (QED) is 0.534. The fraction of sp³-hybridized carbons (Fsp3) is 0.455. The molecule has 5 N–H and O–H groups in total. The maximum absolute atomic E-state index is 12.5. The minimum atomic E-state index is -3.85. The van der Waals surface area contributed by atoms with Gasteiger partial charge in [0.2, 0.25) is 10.0 Å². The first-order chi connectivity index (χ1) is 16.2. The summed E-state index contributed by atoms with van der Waals surface area (Å²) < 4.78 is 30.0. The second-order valence-corrected chi connectivity index (χ2v) is 11.0. The third-order valence-electron chi connectivity index (χ3n) is 5.67. The molecule has 3 rings (SSSR count). The van der Waals surface area contributed by atoms with Crippen molar-refractivity contribution in [2.45, 2.75) is 56.1 Å². The largest absolute Gasteiger partial charge is 0.444 e. The zero-order valence-corrected chi connectivity index (χ0v) is 20.6. The zero-order valence-electron chi connectivity index (χ0n) is 19.8. The Morgan fingerprint density at radius 2 is 1.83 bits per heavy atom. The lowest BCUT2D eigenvalue weighted by atomic mass is 9.85. The molecule has 2 heterocycles. The molecule has 0 unspecified atom stereocenters. The van der Waals surface area contributed by atoms with Crippen LogP contribution in [0.4, 0.5) is 16.3 Å². The summed E-state index contributed by atoms with van der Waals surface area (Å²) in [7, 11) is -3.85. The number of nitriles is 1. The average Bonchev–Trinajstić information content (AvgIpc) is 3.18. The first-order valence-electron chi connectivity index (χ1n) is 10.9. The molecule has 1 aliphatic heterocycles. The Labute approximate surface area is 203 Å². The van der Waals surface area contributed by atoms with Crippen LogP contribution >= 0.6 is 0 Å². The van der Waals surface area contributed by atoms with Gasteiger partial charge in [0, 0.05) is 25.0 Å². The van der Waals surface area contributed by atoms with Crippen LogP contribution in [0.2, 0.25) is 0 Å². The van der Waals surface area contributed by atoms with Crippen LogP contribution in [-0.2, 0) is 20.3 Å². The number of primary amides is 1. The van der Waals surface area contributed by atoms with Crippen LogP contribution in [0.15, 0.2) is 35.4 Å². The Morgan fingerprint density at radius 3 is 2.31 bits per heavy atom. The van der Waals surface area contributed by atoms with Gasteiger partial charge < -0.3 is 20.7 Å². The van der Waals surface area contributed by atoms with Crippen LogP contribution in [0, 0.1) is 11.3 Å². The Morgan fingerprint density at radius 1 is 1.23 bits per heavy atom. The van der Waals surface area contributed by atoms with Crippen molar-refractivity contribution in [2.75, 3.05) is 18.4 Å². The molecule has 188 valence electrons. The van der Waals surface area contributed by atoms with Crippen molar-refractivity contribution in [1.82, 2.24) is 14.7 Å². The van der Waals surface area contributed by atoms with Gasteiger partial charge in [-0.15, -0.1) is 0 Å². The van der Waals surface area contributed by atoms with Gasteiger partial charge in [-0.05, 0) is 57.9 Å². The number of ether oxygens (including phenoxy) is 1. The third kappa shape index (κ3) is 6.09. The molecule has 2 amide bonds. The second kappa shape index (κ2) is 9.55. The monoisotopic (exact) mass is 503 g/mol. The van der Waals surface area contributed by atoms with Gasteiger partial charge >= 0.3 is 6.09 Å². The fourth-order valence-corrected chi connectivity index (χ4v) is 4.34. The molecule has 0 atom stereocenters. The van der Waals surface area contributed by atoms with E-state index in [9.17, 15) is 23.3 Å². The van der Waals surface area contributed by atoms with Crippen LogP contribution in [0.25, 0.3) is 0 Å². The number of nitrogens with zero attached hydrogens (tertiary/aromatic N) is 4. The van der Waals surface area contributed by atoms with E-state index in [2.05, 4.69) is 16.5 Å². The van der Waals surface area contributed by atoms with E-state index in [4.69, 9.17) is 15.6 Å². The molecule has 1 fully saturated rings. The minimum absolute atomic E-state index is 0.0616. The number of aromatic nitrogens is 2. The number of likely N-dealkylation sites (tertiary alicyclic amines) is 1. The van der Waals surface area contributed by atoms with E-state index >= 15 is 0 Å². The highest BCUT2D eigenvalue weighted by atomic mass is 32.2. The van der Waals surface area contributed by atoms with Gasteiger partial charge in [0.05, 0.1) is 22.9 Å². The van der Waals surface area contributed by atoms with Crippen molar-refractivity contribution in [3.05, 3.63) is 36.0 Å². The van der Waals surface area contributed by atoms with Crippen molar-refractivity contribution < 1.29 is 22.7 Å². The molecule has 0 saturated carbocycles. The Hall–Kier alpha value is -3.63. The number of rotatable bonds is 6. The lowest BCUT2D eigenvalue weighted by Crippen LogP contribution is -2.49. The lowest BCUT2D eigenvalue weighted by molar-refractivity contribution is 0.0105. The zero-order chi connectivity index (χ0) is 26.0. The molecule has 0 aliphatic carbocycles. The Kier molecular flexibility index (Phi) is 7.09. The van der Waals surface area contributed by atoms with Gasteiger partial charge in [0.1, 0.15) is 11.2 Å².